The second kappa shape index (κ2) is 12.8. The van der Waals surface area contributed by atoms with Gasteiger partial charge in [0.05, 0.1) is 11.1 Å². The molecule has 6 nitrogen and oxygen atoms in total. The first-order valence-corrected chi connectivity index (χ1v) is 12.7. The maximum atomic E-state index is 9.47. The lowest BCUT2D eigenvalue weighted by Gasteiger charge is -2.26. The lowest BCUT2D eigenvalue weighted by molar-refractivity contribution is 0.367. The predicted molar refractivity (Wildman–Crippen MR) is 156 cm³/mol. The van der Waals surface area contributed by atoms with E-state index < -0.39 is 0 Å². The predicted octanol–water partition coefficient (Wildman–Crippen LogP) is 7.36. The SMILES string of the molecule is C#CCOc1ccc(C#N)c(Oc2ccc(C(C)(C)c3ccc(Oc4cc(OCC#C)ccc4C#N)cc3)cc2)c1. The van der Waals surface area contributed by atoms with Gasteiger partial charge in [0.1, 0.15) is 59.8 Å². The van der Waals surface area contributed by atoms with Gasteiger partial charge in [-0.15, -0.1) is 12.8 Å². The molecule has 0 atom stereocenters. The first-order valence-electron chi connectivity index (χ1n) is 12.7. The van der Waals surface area contributed by atoms with Gasteiger partial charge in [0.25, 0.3) is 0 Å². The van der Waals surface area contributed by atoms with Gasteiger partial charge in [-0.3, -0.25) is 0 Å². The average molecular weight is 539 g/mol. The molecule has 0 amide bonds. The monoisotopic (exact) mass is 538 g/mol. The lowest BCUT2D eigenvalue weighted by atomic mass is 9.78. The van der Waals surface area contributed by atoms with Crippen molar-refractivity contribution in [2.75, 3.05) is 13.2 Å². The molecule has 4 aromatic carbocycles. The molecule has 0 fully saturated rings. The van der Waals surface area contributed by atoms with Crippen LogP contribution in [0.3, 0.4) is 0 Å². The van der Waals surface area contributed by atoms with E-state index in [1.165, 1.54) is 0 Å². The number of rotatable bonds is 10. The van der Waals surface area contributed by atoms with Gasteiger partial charge in [-0.2, -0.15) is 10.5 Å². The first-order chi connectivity index (χ1) is 19.9. The van der Waals surface area contributed by atoms with Crippen LogP contribution in [0.15, 0.2) is 84.9 Å². The Hall–Kier alpha value is -5.82. The summed E-state index contributed by atoms with van der Waals surface area (Å²) in [4.78, 5) is 0. The molecule has 0 N–H and O–H groups in total. The van der Waals surface area contributed by atoms with Crippen molar-refractivity contribution in [3.63, 3.8) is 0 Å². The van der Waals surface area contributed by atoms with Crippen molar-refractivity contribution in [1.29, 1.82) is 10.5 Å². The van der Waals surface area contributed by atoms with E-state index in [9.17, 15) is 10.5 Å². The summed E-state index contributed by atoms with van der Waals surface area (Å²) < 4.78 is 22.9. The fourth-order valence-electron chi connectivity index (χ4n) is 4.09. The van der Waals surface area contributed by atoms with Crippen LogP contribution >= 0.6 is 0 Å². The summed E-state index contributed by atoms with van der Waals surface area (Å²) in [6.07, 6.45) is 10.5. The molecule has 0 spiro atoms. The molecule has 200 valence electrons. The lowest BCUT2D eigenvalue weighted by Crippen LogP contribution is -2.18. The van der Waals surface area contributed by atoms with E-state index >= 15 is 0 Å². The van der Waals surface area contributed by atoms with Gasteiger partial charge in [0, 0.05) is 17.5 Å². The molecule has 0 aliphatic heterocycles. The topological polar surface area (TPSA) is 84.5 Å². The molecule has 0 unspecified atom stereocenters. The minimum atomic E-state index is -0.335. The van der Waals surface area contributed by atoms with Crippen molar-refractivity contribution in [3.05, 3.63) is 107 Å². The van der Waals surface area contributed by atoms with Crippen molar-refractivity contribution in [1.82, 2.24) is 0 Å². The molecule has 6 heteroatoms. The molecule has 0 heterocycles. The fourth-order valence-corrected chi connectivity index (χ4v) is 4.09. The van der Waals surface area contributed by atoms with Gasteiger partial charge in [0.2, 0.25) is 0 Å². The largest absolute Gasteiger partial charge is 0.481 e. The fraction of sp³-hybridized carbons (Fsp3) is 0.143. The molecular formula is C35H26N2O4. The Balaban J connectivity index is 1.49. The third-order valence-corrected chi connectivity index (χ3v) is 6.40. The summed E-state index contributed by atoms with van der Waals surface area (Å²) in [6, 6.07) is 29.6. The molecule has 0 saturated heterocycles. The highest BCUT2D eigenvalue weighted by Crippen LogP contribution is 2.36. The Kier molecular flexibility index (Phi) is 8.82. The number of hydrogen-bond donors (Lipinski definition) is 0. The van der Waals surface area contributed by atoms with Gasteiger partial charge in [-0.1, -0.05) is 50.0 Å². The third-order valence-electron chi connectivity index (χ3n) is 6.40. The van der Waals surface area contributed by atoms with E-state index in [4.69, 9.17) is 31.8 Å². The molecule has 0 saturated carbocycles. The summed E-state index contributed by atoms with van der Waals surface area (Å²) in [5, 5.41) is 18.9. The summed E-state index contributed by atoms with van der Waals surface area (Å²) in [5.41, 5.74) is 2.57. The van der Waals surface area contributed by atoms with Crippen LogP contribution in [-0.2, 0) is 5.41 Å². The zero-order valence-electron chi connectivity index (χ0n) is 22.7. The average Bonchev–Trinajstić information content (AvgIpc) is 3.00. The van der Waals surface area contributed by atoms with Crippen LogP contribution in [0.1, 0.15) is 36.1 Å². The second-order valence-electron chi connectivity index (χ2n) is 9.40. The second-order valence-corrected chi connectivity index (χ2v) is 9.40. The highest BCUT2D eigenvalue weighted by Gasteiger charge is 2.23. The first kappa shape index (κ1) is 28.2. The van der Waals surface area contributed by atoms with Gasteiger partial charge < -0.3 is 18.9 Å². The van der Waals surface area contributed by atoms with Crippen LogP contribution in [0.2, 0.25) is 0 Å². The van der Waals surface area contributed by atoms with Crippen LogP contribution in [0.5, 0.6) is 34.5 Å². The van der Waals surface area contributed by atoms with Crippen LogP contribution in [0.4, 0.5) is 0 Å². The maximum Gasteiger partial charge on any atom is 0.148 e. The smallest absolute Gasteiger partial charge is 0.148 e. The van der Waals surface area contributed by atoms with Crippen LogP contribution in [0.25, 0.3) is 0 Å². The zero-order valence-corrected chi connectivity index (χ0v) is 22.7. The highest BCUT2D eigenvalue weighted by molar-refractivity contribution is 5.51. The van der Waals surface area contributed by atoms with E-state index in [1.807, 2.05) is 48.5 Å². The molecular weight excluding hydrogens is 512 g/mol. The number of ether oxygens (including phenoxy) is 4. The summed E-state index contributed by atoms with van der Waals surface area (Å²) in [7, 11) is 0. The van der Waals surface area contributed by atoms with Crippen molar-refractivity contribution < 1.29 is 18.9 Å². The standard InChI is InChI=1S/C35H26N2O4/c1-5-19-38-31-13-7-25(23-36)33(21-31)40-29-15-9-27(10-16-29)35(3,4)28-11-17-30(18-12-28)41-34-22-32(39-20-6-2)14-8-26(34)24-37/h1-2,7-18,21-22H,19-20H2,3-4H3. The van der Waals surface area contributed by atoms with Crippen molar-refractivity contribution in [2.24, 2.45) is 0 Å². The van der Waals surface area contributed by atoms with Crippen LogP contribution < -0.4 is 18.9 Å². The minimum Gasteiger partial charge on any atom is -0.481 e. The van der Waals surface area contributed by atoms with E-state index in [2.05, 4.69) is 37.8 Å². The van der Waals surface area contributed by atoms with E-state index in [1.54, 1.807) is 36.4 Å². The Morgan fingerprint density at radius 3 is 1.29 bits per heavy atom. The van der Waals surface area contributed by atoms with Crippen molar-refractivity contribution in [2.45, 2.75) is 19.3 Å². The van der Waals surface area contributed by atoms with Gasteiger partial charge in [-0.05, 0) is 59.7 Å². The number of terminal acetylenes is 2. The summed E-state index contributed by atoms with van der Waals surface area (Å²) in [6.45, 7) is 4.49. The summed E-state index contributed by atoms with van der Waals surface area (Å²) in [5.74, 6) is 7.82. The number of hydrogen-bond acceptors (Lipinski definition) is 6. The maximum absolute atomic E-state index is 9.47. The molecule has 0 aliphatic carbocycles. The summed E-state index contributed by atoms with van der Waals surface area (Å²) >= 11 is 0. The highest BCUT2D eigenvalue weighted by atomic mass is 16.5. The van der Waals surface area contributed by atoms with E-state index in [0.29, 0.717) is 45.6 Å². The Morgan fingerprint density at radius 1 is 0.585 bits per heavy atom. The van der Waals surface area contributed by atoms with E-state index in [-0.39, 0.29) is 18.6 Å². The van der Waals surface area contributed by atoms with Gasteiger partial charge >= 0.3 is 0 Å². The molecule has 0 bridgehead atoms. The Morgan fingerprint density at radius 2 is 0.951 bits per heavy atom. The van der Waals surface area contributed by atoms with Gasteiger partial charge in [-0.25, -0.2) is 0 Å². The molecule has 0 aromatic heterocycles. The van der Waals surface area contributed by atoms with Crippen LogP contribution in [-0.4, -0.2) is 13.2 Å². The number of nitrogens with zero attached hydrogens (tertiary/aromatic N) is 2. The Labute approximate surface area is 240 Å². The number of nitriles is 2. The quantitative estimate of drug-likeness (QED) is 0.196. The molecule has 4 rings (SSSR count). The third kappa shape index (κ3) is 6.79. The molecule has 0 aliphatic rings. The van der Waals surface area contributed by atoms with Crippen molar-refractivity contribution >= 4 is 0 Å². The van der Waals surface area contributed by atoms with Crippen LogP contribution in [0, 0.1) is 47.3 Å². The normalized spacial score (nSPS) is 10.3. The zero-order chi connectivity index (χ0) is 29.2. The molecule has 0 radical (unpaired) electrons. The molecule has 41 heavy (non-hydrogen) atoms. The van der Waals surface area contributed by atoms with E-state index in [0.717, 1.165) is 11.1 Å². The minimum absolute atomic E-state index is 0.123. The van der Waals surface area contributed by atoms with Gasteiger partial charge in [0.15, 0.2) is 0 Å². The number of benzene rings is 4. The molecule has 4 aromatic rings. The van der Waals surface area contributed by atoms with Crippen molar-refractivity contribution in [3.8, 4) is 71.3 Å². The Bertz CT molecular complexity index is 1570.